The Hall–Kier alpha value is -3.45. The third kappa shape index (κ3) is 4.70. The van der Waals surface area contributed by atoms with Gasteiger partial charge in [0.15, 0.2) is 5.82 Å². The SMILES string of the molecule is CN(C)c1nc(N)nc(C(C#N)=Cc2ccc(-c3ccc(C(F)(F)F)cc3)s2)n1. The van der Waals surface area contributed by atoms with E-state index in [1.807, 2.05) is 6.07 Å². The molecule has 2 N–H and O–H groups in total. The van der Waals surface area contributed by atoms with Crippen molar-refractivity contribution in [2.45, 2.75) is 6.18 Å². The Balaban J connectivity index is 1.91. The third-order valence-electron chi connectivity index (χ3n) is 3.81. The van der Waals surface area contributed by atoms with E-state index in [0.29, 0.717) is 11.5 Å². The molecule has 0 atom stereocenters. The number of aromatic nitrogens is 3. The van der Waals surface area contributed by atoms with E-state index in [1.165, 1.54) is 23.5 Å². The van der Waals surface area contributed by atoms with Gasteiger partial charge in [-0.3, -0.25) is 0 Å². The molecule has 3 aromatic rings. The van der Waals surface area contributed by atoms with Crippen LogP contribution >= 0.6 is 11.3 Å². The number of anilines is 2. The Kier molecular flexibility index (Phi) is 5.52. The summed E-state index contributed by atoms with van der Waals surface area (Å²) in [5.74, 6) is 0.468. The van der Waals surface area contributed by atoms with E-state index >= 15 is 0 Å². The molecule has 6 nitrogen and oxygen atoms in total. The van der Waals surface area contributed by atoms with Gasteiger partial charge in [-0.25, -0.2) is 0 Å². The van der Waals surface area contributed by atoms with Gasteiger partial charge in [0.2, 0.25) is 11.9 Å². The first-order valence-electron chi connectivity index (χ1n) is 8.26. The van der Waals surface area contributed by atoms with E-state index in [2.05, 4.69) is 15.0 Å². The maximum atomic E-state index is 12.7. The molecule has 2 aromatic heterocycles. The fourth-order valence-electron chi connectivity index (χ4n) is 2.40. The van der Waals surface area contributed by atoms with E-state index in [-0.39, 0.29) is 17.3 Å². The summed E-state index contributed by atoms with van der Waals surface area (Å²) >= 11 is 1.33. The van der Waals surface area contributed by atoms with Crippen molar-refractivity contribution in [1.82, 2.24) is 15.0 Å². The lowest BCUT2D eigenvalue weighted by molar-refractivity contribution is -0.137. The predicted molar refractivity (Wildman–Crippen MR) is 107 cm³/mol. The van der Waals surface area contributed by atoms with Crippen LogP contribution in [0.15, 0.2) is 36.4 Å². The maximum absolute atomic E-state index is 12.7. The van der Waals surface area contributed by atoms with Crippen molar-refractivity contribution < 1.29 is 13.2 Å². The lowest BCUT2D eigenvalue weighted by Crippen LogP contribution is -2.15. The number of nitriles is 1. The number of allylic oxidation sites excluding steroid dienone is 1. The molecule has 0 bridgehead atoms. The molecule has 0 spiro atoms. The van der Waals surface area contributed by atoms with Crippen molar-refractivity contribution >= 4 is 34.9 Å². The molecular weight excluding hydrogens is 401 g/mol. The first kappa shape index (κ1) is 20.3. The highest BCUT2D eigenvalue weighted by Gasteiger charge is 2.30. The second kappa shape index (κ2) is 7.89. The highest BCUT2D eigenvalue weighted by atomic mass is 32.1. The molecule has 0 aliphatic carbocycles. The standard InChI is InChI=1S/C19H15F3N6S/c1-28(2)18-26-16(25-17(24)27-18)12(10-23)9-14-7-8-15(29-14)11-3-5-13(6-4-11)19(20,21)22/h3-9H,1-2H3,(H2,24,25,26,27). The van der Waals surface area contributed by atoms with Gasteiger partial charge in [-0.05, 0) is 35.9 Å². The first-order chi connectivity index (χ1) is 13.7. The minimum atomic E-state index is -4.37. The Labute approximate surface area is 168 Å². The van der Waals surface area contributed by atoms with Crippen molar-refractivity contribution in [1.29, 1.82) is 5.26 Å². The molecule has 0 aliphatic heterocycles. The van der Waals surface area contributed by atoms with Crippen LogP contribution in [0, 0.1) is 11.3 Å². The van der Waals surface area contributed by atoms with E-state index in [0.717, 1.165) is 21.9 Å². The number of rotatable bonds is 4. The summed E-state index contributed by atoms with van der Waals surface area (Å²) in [5.41, 5.74) is 5.85. The number of hydrogen-bond acceptors (Lipinski definition) is 7. The summed E-state index contributed by atoms with van der Waals surface area (Å²) in [6, 6.07) is 10.5. The minimum absolute atomic E-state index is 0.00327. The number of halogens is 3. The van der Waals surface area contributed by atoms with Gasteiger partial charge in [-0.15, -0.1) is 11.3 Å². The van der Waals surface area contributed by atoms with Crippen LogP contribution in [0.3, 0.4) is 0 Å². The number of hydrogen-bond donors (Lipinski definition) is 1. The van der Waals surface area contributed by atoms with Crippen molar-refractivity contribution in [3.8, 4) is 16.5 Å². The van der Waals surface area contributed by atoms with Crippen LogP contribution in [0.25, 0.3) is 22.1 Å². The monoisotopic (exact) mass is 416 g/mol. The summed E-state index contributed by atoms with van der Waals surface area (Å²) in [6.07, 6.45) is -2.77. The molecule has 3 rings (SSSR count). The summed E-state index contributed by atoms with van der Waals surface area (Å²) in [5, 5.41) is 9.52. The average molecular weight is 416 g/mol. The van der Waals surface area contributed by atoms with Crippen LogP contribution in [-0.4, -0.2) is 29.0 Å². The highest BCUT2D eigenvalue weighted by Crippen LogP contribution is 2.34. The van der Waals surface area contributed by atoms with Gasteiger partial charge in [0.1, 0.15) is 6.07 Å². The van der Waals surface area contributed by atoms with Gasteiger partial charge in [0, 0.05) is 23.8 Å². The van der Waals surface area contributed by atoms with E-state index in [9.17, 15) is 18.4 Å². The molecule has 10 heteroatoms. The Morgan fingerprint density at radius 3 is 2.38 bits per heavy atom. The summed E-state index contributed by atoms with van der Waals surface area (Å²) in [7, 11) is 3.48. The van der Waals surface area contributed by atoms with Gasteiger partial charge >= 0.3 is 6.18 Å². The molecule has 0 amide bonds. The smallest absolute Gasteiger partial charge is 0.368 e. The third-order valence-corrected chi connectivity index (χ3v) is 4.89. The van der Waals surface area contributed by atoms with Crippen LogP contribution < -0.4 is 10.6 Å². The van der Waals surface area contributed by atoms with Crippen LogP contribution in [-0.2, 0) is 6.18 Å². The molecule has 0 saturated carbocycles. The molecule has 0 unspecified atom stereocenters. The Bertz CT molecular complexity index is 1090. The molecule has 148 valence electrons. The van der Waals surface area contributed by atoms with Crippen molar-refractivity contribution in [3.05, 3.63) is 52.7 Å². The van der Waals surface area contributed by atoms with Crippen LogP contribution in [0.2, 0.25) is 0 Å². The predicted octanol–water partition coefficient (Wildman–Crippen LogP) is 4.33. The van der Waals surface area contributed by atoms with Crippen LogP contribution in [0.4, 0.5) is 25.1 Å². The zero-order valence-electron chi connectivity index (χ0n) is 15.4. The summed E-state index contributed by atoms with van der Waals surface area (Å²) in [6.45, 7) is 0. The zero-order chi connectivity index (χ0) is 21.2. The van der Waals surface area contributed by atoms with Crippen molar-refractivity contribution in [3.63, 3.8) is 0 Å². The summed E-state index contributed by atoms with van der Waals surface area (Å²) < 4.78 is 38.1. The Morgan fingerprint density at radius 1 is 1.10 bits per heavy atom. The van der Waals surface area contributed by atoms with Crippen LogP contribution in [0.5, 0.6) is 0 Å². The van der Waals surface area contributed by atoms with Crippen molar-refractivity contribution in [2.24, 2.45) is 0 Å². The maximum Gasteiger partial charge on any atom is 0.416 e. The summed E-state index contributed by atoms with van der Waals surface area (Å²) in [4.78, 5) is 15.4. The molecule has 29 heavy (non-hydrogen) atoms. The van der Waals surface area contributed by atoms with Gasteiger partial charge in [0.05, 0.1) is 11.1 Å². The first-order valence-corrected chi connectivity index (χ1v) is 9.07. The molecular formula is C19H15F3N6S. The molecule has 0 radical (unpaired) electrons. The second-order valence-electron chi connectivity index (χ2n) is 6.16. The number of nitrogen functional groups attached to an aromatic ring is 1. The lowest BCUT2D eigenvalue weighted by atomic mass is 10.1. The minimum Gasteiger partial charge on any atom is -0.368 e. The number of benzene rings is 1. The number of nitrogens with two attached hydrogens (primary N) is 1. The van der Waals surface area contributed by atoms with Gasteiger partial charge in [0.25, 0.3) is 0 Å². The van der Waals surface area contributed by atoms with E-state index in [1.54, 1.807) is 37.2 Å². The van der Waals surface area contributed by atoms with E-state index in [4.69, 9.17) is 5.73 Å². The molecule has 2 heterocycles. The fraction of sp³-hybridized carbons (Fsp3) is 0.158. The molecule has 0 aliphatic rings. The fourth-order valence-corrected chi connectivity index (χ4v) is 3.36. The lowest BCUT2D eigenvalue weighted by Gasteiger charge is -2.10. The quantitative estimate of drug-likeness (QED) is 0.637. The normalized spacial score (nSPS) is 11.9. The Morgan fingerprint density at radius 2 is 1.79 bits per heavy atom. The number of nitrogens with zero attached hydrogens (tertiary/aromatic N) is 5. The van der Waals surface area contributed by atoms with Crippen molar-refractivity contribution in [2.75, 3.05) is 24.7 Å². The highest BCUT2D eigenvalue weighted by molar-refractivity contribution is 7.16. The average Bonchev–Trinajstić information content (AvgIpc) is 3.13. The van der Waals surface area contributed by atoms with Gasteiger partial charge in [-0.2, -0.15) is 33.4 Å². The second-order valence-corrected chi connectivity index (χ2v) is 7.27. The number of alkyl halides is 3. The van der Waals surface area contributed by atoms with Crippen LogP contribution in [0.1, 0.15) is 16.3 Å². The molecule has 0 fully saturated rings. The topological polar surface area (TPSA) is 91.7 Å². The van der Waals surface area contributed by atoms with Gasteiger partial charge < -0.3 is 10.6 Å². The molecule has 1 aromatic carbocycles. The molecule has 0 saturated heterocycles. The van der Waals surface area contributed by atoms with E-state index < -0.39 is 11.7 Å². The zero-order valence-corrected chi connectivity index (χ0v) is 16.2. The van der Waals surface area contributed by atoms with Gasteiger partial charge in [-0.1, -0.05) is 12.1 Å². The largest absolute Gasteiger partial charge is 0.416 e. The number of thiophene rings is 1.